The van der Waals surface area contributed by atoms with Crippen molar-refractivity contribution in [1.29, 1.82) is 0 Å². The fourth-order valence-corrected chi connectivity index (χ4v) is 1.34. The van der Waals surface area contributed by atoms with Gasteiger partial charge in [0.15, 0.2) is 0 Å². The summed E-state index contributed by atoms with van der Waals surface area (Å²) in [5.41, 5.74) is 1.17. The SMILES string of the molecule is C=C(NC(CC)C(C)CC)C(C)C. The maximum Gasteiger partial charge on any atom is 0.0281 e. The van der Waals surface area contributed by atoms with Crippen molar-refractivity contribution < 1.29 is 0 Å². The minimum absolute atomic E-state index is 0.540. The van der Waals surface area contributed by atoms with E-state index >= 15 is 0 Å². The van der Waals surface area contributed by atoms with Crippen molar-refractivity contribution in [2.75, 3.05) is 0 Å². The topological polar surface area (TPSA) is 12.0 Å². The quantitative estimate of drug-likeness (QED) is 0.664. The fraction of sp³-hybridized carbons (Fsp3) is 0.833. The molecule has 13 heavy (non-hydrogen) atoms. The van der Waals surface area contributed by atoms with E-state index in [1.54, 1.807) is 0 Å². The molecule has 0 radical (unpaired) electrons. The summed E-state index contributed by atoms with van der Waals surface area (Å²) < 4.78 is 0. The van der Waals surface area contributed by atoms with Crippen LogP contribution in [0.4, 0.5) is 0 Å². The lowest BCUT2D eigenvalue weighted by Gasteiger charge is -2.26. The first-order valence-electron chi connectivity index (χ1n) is 5.48. The van der Waals surface area contributed by atoms with E-state index in [0.717, 1.165) is 5.92 Å². The standard InChI is InChI=1S/C12H25N/c1-7-10(5)12(8-2)13-11(6)9(3)4/h9-10,12-13H,6-8H2,1-5H3. The largest absolute Gasteiger partial charge is 0.386 e. The molecule has 0 aromatic rings. The molecule has 0 aromatic heterocycles. The van der Waals surface area contributed by atoms with Gasteiger partial charge in [-0.1, -0.05) is 47.6 Å². The van der Waals surface area contributed by atoms with Crippen LogP contribution in [-0.4, -0.2) is 6.04 Å². The van der Waals surface area contributed by atoms with Crippen LogP contribution in [0.15, 0.2) is 12.3 Å². The molecule has 0 amide bonds. The number of allylic oxidation sites excluding steroid dienone is 1. The Balaban J connectivity index is 4.05. The summed E-state index contributed by atoms with van der Waals surface area (Å²) in [5.74, 6) is 1.28. The zero-order valence-electron chi connectivity index (χ0n) is 9.85. The van der Waals surface area contributed by atoms with Crippen LogP contribution in [-0.2, 0) is 0 Å². The number of rotatable bonds is 6. The Labute approximate surface area is 83.6 Å². The van der Waals surface area contributed by atoms with E-state index in [9.17, 15) is 0 Å². The Morgan fingerprint density at radius 1 is 1.15 bits per heavy atom. The molecule has 0 bridgehead atoms. The van der Waals surface area contributed by atoms with E-state index in [2.05, 4.69) is 46.5 Å². The van der Waals surface area contributed by atoms with Gasteiger partial charge in [0, 0.05) is 11.7 Å². The van der Waals surface area contributed by atoms with Crippen LogP contribution in [0.1, 0.15) is 47.5 Å². The Morgan fingerprint density at radius 3 is 2.00 bits per heavy atom. The first-order valence-corrected chi connectivity index (χ1v) is 5.48. The van der Waals surface area contributed by atoms with Gasteiger partial charge in [-0.05, 0) is 18.3 Å². The molecular weight excluding hydrogens is 158 g/mol. The summed E-state index contributed by atoms with van der Waals surface area (Å²) in [6.45, 7) is 15.2. The van der Waals surface area contributed by atoms with Gasteiger partial charge in [-0.3, -0.25) is 0 Å². The summed E-state index contributed by atoms with van der Waals surface area (Å²) in [4.78, 5) is 0. The van der Waals surface area contributed by atoms with Gasteiger partial charge in [0.2, 0.25) is 0 Å². The van der Waals surface area contributed by atoms with Gasteiger partial charge in [0.25, 0.3) is 0 Å². The fourth-order valence-electron chi connectivity index (χ4n) is 1.34. The molecule has 2 atom stereocenters. The Hall–Kier alpha value is -0.460. The zero-order chi connectivity index (χ0) is 10.4. The minimum atomic E-state index is 0.540. The number of hydrogen-bond acceptors (Lipinski definition) is 1. The highest BCUT2D eigenvalue weighted by Gasteiger charge is 2.14. The third kappa shape index (κ3) is 4.35. The van der Waals surface area contributed by atoms with Gasteiger partial charge in [-0.2, -0.15) is 0 Å². The molecule has 0 aliphatic rings. The van der Waals surface area contributed by atoms with Crippen molar-refractivity contribution in [3.8, 4) is 0 Å². The lowest BCUT2D eigenvalue weighted by Crippen LogP contribution is -2.34. The van der Waals surface area contributed by atoms with Crippen LogP contribution >= 0.6 is 0 Å². The molecule has 0 saturated heterocycles. The summed E-state index contributed by atoms with van der Waals surface area (Å²) >= 11 is 0. The summed E-state index contributed by atoms with van der Waals surface area (Å²) in [7, 11) is 0. The second-order valence-electron chi connectivity index (χ2n) is 4.22. The molecule has 78 valence electrons. The predicted molar refractivity (Wildman–Crippen MR) is 60.6 cm³/mol. The molecule has 0 spiro atoms. The molecule has 2 unspecified atom stereocenters. The van der Waals surface area contributed by atoms with Gasteiger partial charge >= 0.3 is 0 Å². The highest BCUT2D eigenvalue weighted by atomic mass is 14.9. The average molecular weight is 183 g/mol. The van der Waals surface area contributed by atoms with Crippen LogP contribution in [0.3, 0.4) is 0 Å². The molecule has 1 N–H and O–H groups in total. The second kappa shape index (κ2) is 6.06. The Bertz CT molecular complexity index is 149. The highest BCUT2D eigenvalue weighted by molar-refractivity contribution is 4.97. The lowest BCUT2D eigenvalue weighted by atomic mass is 9.96. The average Bonchev–Trinajstić information content (AvgIpc) is 2.12. The predicted octanol–water partition coefficient (Wildman–Crippen LogP) is 3.57. The van der Waals surface area contributed by atoms with Crippen molar-refractivity contribution in [3.05, 3.63) is 12.3 Å². The lowest BCUT2D eigenvalue weighted by molar-refractivity contribution is 0.371. The van der Waals surface area contributed by atoms with Crippen molar-refractivity contribution in [2.45, 2.75) is 53.5 Å². The van der Waals surface area contributed by atoms with E-state index in [0.29, 0.717) is 12.0 Å². The normalized spacial score (nSPS) is 15.5. The van der Waals surface area contributed by atoms with E-state index < -0.39 is 0 Å². The van der Waals surface area contributed by atoms with Crippen molar-refractivity contribution >= 4 is 0 Å². The molecule has 1 heteroatoms. The van der Waals surface area contributed by atoms with Crippen LogP contribution in [0, 0.1) is 11.8 Å². The number of nitrogens with one attached hydrogen (secondary N) is 1. The monoisotopic (exact) mass is 183 g/mol. The maximum absolute atomic E-state index is 4.05. The molecule has 0 rings (SSSR count). The smallest absolute Gasteiger partial charge is 0.0281 e. The molecule has 0 saturated carbocycles. The molecule has 0 aliphatic carbocycles. The highest BCUT2D eigenvalue weighted by Crippen LogP contribution is 2.14. The zero-order valence-corrected chi connectivity index (χ0v) is 9.85. The molecule has 0 fully saturated rings. The van der Waals surface area contributed by atoms with Gasteiger partial charge in [0.1, 0.15) is 0 Å². The molecule has 1 nitrogen and oxygen atoms in total. The van der Waals surface area contributed by atoms with Crippen molar-refractivity contribution in [2.24, 2.45) is 11.8 Å². The van der Waals surface area contributed by atoms with E-state index in [1.165, 1.54) is 18.5 Å². The van der Waals surface area contributed by atoms with E-state index in [1.807, 2.05) is 0 Å². The Morgan fingerprint density at radius 2 is 1.69 bits per heavy atom. The molecule has 0 heterocycles. The van der Waals surface area contributed by atoms with Gasteiger partial charge in [-0.15, -0.1) is 0 Å². The third-order valence-corrected chi connectivity index (χ3v) is 2.84. The third-order valence-electron chi connectivity index (χ3n) is 2.84. The molecule has 0 aliphatic heterocycles. The first-order chi connectivity index (χ1) is 6.02. The summed E-state index contributed by atoms with van der Waals surface area (Å²) in [6.07, 6.45) is 2.41. The molecule has 0 aromatic carbocycles. The van der Waals surface area contributed by atoms with Gasteiger partial charge < -0.3 is 5.32 Å². The van der Waals surface area contributed by atoms with Crippen molar-refractivity contribution in [3.63, 3.8) is 0 Å². The van der Waals surface area contributed by atoms with Gasteiger partial charge in [0.05, 0.1) is 0 Å². The Kier molecular flexibility index (Phi) is 5.85. The van der Waals surface area contributed by atoms with Crippen LogP contribution < -0.4 is 5.32 Å². The first kappa shape index (κ1) is 12.5. The van der Waals surface area contributed by atoms with Crippen molar-refractivity contribution in [1.82, 2.24) is 5.32 Å². The maximum atomic E-state index is 4.05. The second-order valence-corrected chi connectivity index (χ2v) is 4.22. The van der Waals surface area contributed by atoms with E-state index in [-0.39, 0.29) is 0 Å². The van der Waals surface area contributed by atoms with Gasteiger partial charge in [-0.25, -0.2) is 0 Å². The summed E-state index contributed by atoms with van der Waals surface area (Å²) in [6, 6.07) is 0.597. The number of hydrogen-bond donors (Lipinski definition) is 1. The summed E-state index contributed by atoms with van der Waals surface area (Å²) in [5, 5.41) is 3.52. The van der Waals surface area contributed by atoms with E-state index in [4.69, 9.17) is 0 Å². The van der Waals surface area contributed by atoms with Crippen LogP contribution in [0.25, 0.3) is 0 Å². The van der Waals surface area contributed by atoms with Crippen LogP contribution in [0.2, 0.25) is 0 Å². The van der Waals surface area contributed by atoms with Crippen LogP contribution in [0.5, 0.6) is 0 Å². The molecular formula is C12H25N. The minimum Gasteiger partial charge on any atom is -0.386 e.